The highest BCUT2D eigenvalue weighted by Gasteiger charge is 2.30. The standard InChI is InChI=1S/C17H22F3N3O/c1-10(14-6-5-7-15(24)8-14)21-11(2)16-12(3)22-23(13(16)4)9-17(18,19)20/h5-8,10-11,21,24H,9H2,1-4H3/t10-,11-/m0/s1. The third-order valence-corrected chi connectivity index (χ3v) is 4.07. The second-order valence-corrected chi connectivity index (χ2v) is 6.06. The fraction of sp³-hybridized carbons (Fsp3) is 0.471. The first-order chi connectivity index (χ1) is 11.1. The molecular weight excluding hydrogens is 319 g/mol. The van der Waals surface area contributed by atoms with Gasteiger partial charge >= 0.3 is 6.18 Å². The molecule has 0 aliphatic carbocycles. The lowest BCUT2D eigenvalue weighted by atomic mass is 10.0. The van der Waals surface area contributed by atoms with Crippen LogP contribution in [-0.4, -0.2) is 21.1 Å². The first kappa shape index (κ1) is 18.3. The lowest BCUT2D eigenvalue weighted by molar-refractivity contribution is -0.143. The zero-order chi connectivity index (χ0) is 18.1. The van der Waals surface area contributed by atoms with Crippen molar-refractivity contribution in [3.05, 3.63) is 46.8 Å². The van der Waals surface area contributed by atoms with Crippen LogP contribution in [0.2, 0.25) is 0 Å². The highest BCUT2D eigenvalue weighted by atomic mass is 19.4. The number of hydrogen-bond donors (Lipinski definition) is 2. The van der Waals surface area contributed by atoms with Gasteiger partial charge in [0.1, 0.15) is 12.3 Å². The van der Waals surface area contributed by atoms with Crippen LogP contribution in [0.4, 0.5) is 13.2 Å². The predicted octanol–water partition coefficient (Wildman–Crippen LogP) is 4.18. The number of nitrogens with one attached hydrogen (secondary N) is 1. The van der Waals surface area contributed by atoms with Crippen molar-refractivity contribution in [1.29, 1.82) is 0 Å². The molecular formula is C17H22F3N3O. The van der Waals surface area contributed by atoms with Crippen molar-refractivity contribution in [2.75, 3.05) is 0 Å². The van der Waals surface area contributed by atoms with E-state index < -0.39 is 12.7 Å². The van der Waals surface area contributed by atoms with Gasteiger partial charge in [-0.05, 0) is 45.4 Å². The Morgan fingerprint density at radius 1 is 1.21 bits per heavy atom. The van der Waals surface area contributed by atoms with E-state index in [1.807, 2.05) is 19.9 Å². The largest absolute Gasteiger partial charge is 0.508 e. The molecule has 1 aromatic carbocycles. The zero-order valence-electron chi connectivity index (χ0n) is 14.1. The molecule has 0 aliphatic rings. The van der Waals surface area contributed by atoms with E-state index in [1.54, 1.807) is 32.0 Å². The lowest BCUT2D eigenvalue weighted by Crippen LogP contribution is -2.24. The Kier molecular flexibility index (Phi) is 5.22. The number of aryl methyl sites for hydroxylation is 1. The summed E-state index contributed by atoms with van der Waals surface area (Å²) < 4.78 is 38.9. The van der Waals surface area contributed by atoms with Crippen LogP contribution < -0.4 is 5.32 Å². The third-order valence-electron chi connectivity index (χ3n) is 4.07. The number of aromatic hydroxyl groups is 1. The number of rotatable bonds is 5. The number of benzene rings is 1. The van der Waals surface area contributed by atoms with Gasteiger partial charge in [0.25, 0.3) is 0 Å². The Bertz CT molecular complexity index is 710. The quantitative estimate of drug-likeness (QED) is 0.858. The maximum atomic E-state index is 12.6. The number of halogens is 3. The number of phenolic OH excluding ortho intramolecular Hbond substituents is 1. The average molecular weight is 341 g/mol. The van der Waals surface area contributed by atoms with E-state index in [0.717, 1.165) is 15.8 Å². The number of hydrogen-bond acceptors (Lipinski definition) is 3. The Balaban J connectivity index is 2.19. The Morgan fingerprint density at radius 3 is 2.46 bits per heavy atom. The molecule has 0 radical (unpaired) electrons. The molecule has 132 valence electrons. The molecule has 0 fully saturated rings. The molecule has 2 rings (SSSR count). The Labute approximate surface area is 139 Å². The van der Waals surface area contributed by atoms with Gasteiger partial charge in [-0.3, -0.25) is 4.68 Å². The first-order valence-corrected chi connectivity index (χ1v) is 7.74. The lowest BCUT2D eigenvalue weighted by Gasteiger charge is -2.21. The van der Waals surface area contributed by atoms with Crippen molar-refractivity contribution in [3.63, 3.8) is 0 Å². The second kappa shape index (κ2) is 6.84. The van der Waals surface area contributed by atoms with Gasteiger partial charge in [0.05, 0.1) is 5.69 Å². The van der Waals surface area contributed by atoms with E-state index in [-0.39, 0.29) is 17.8 Å². The van der Waals surface area contributed by atoms with Crippen LogP contribution in [0.15, 0.2) is 24.3 Å². The molecule has 2 aromatic rings. The molecule has 24 heavy (non-hydrogen) atoms. The monoisotopic (exact) mass is 341 g/mol. The summed E-state index contributed by atoms with van der Waals surface area (Å²) in [5.41, 5.74) is 2.76. The van der Waals surface area contributed by atoms with Gasteiger partial charge in [0.2, 0.25) is 0 Å². The molecule has 2 N–H and O–H groups in total. The first-order valence-electron chi connectivity index (χ1n) is 7.74. The van der Waals surface area contributed by atoms with Crippen molar-refractivity contribution in [1.82, 2.24) is 15.1 Å². The van der Waals surface area contributed by atoms with Gasteiger partial charge in [0, 0.05) is 23.3 Å². The summed E-state index contributed by atoms with van der Waals surface area (Å²) in [6, 6.07) is 6.65. The molecule has 1 heterocycles. The number of nitrogens with zero attached hydrogens (tertiary/aromatic N) is 2. The molecule has 2 atom stereocenters. The van der Waals surface area contributed by atoms with Crippen LogP contribution in [-0.2, 0) is 6.54 Å². The minimum absolute atomic E-state index is 0.0723. The maximum Gasteiger partial charge on any atom is 0.408 e. The molecule has 1 aromatic heterocycles. The summed E-state index contributed by atoms with van der Waals surface area (Å²) in [5, 5.41) is 16.9. The average Bonchev–Trinajstić information content (AvgIpc) is 2.71. The second-order valence-electron chi connectivity index (χ2n) is 6.06. The Hall–Kier alpha value is -2.02. The Morgan fingerprint density at radius 2 is 1.88 bits per heavy atom. The molecule has 0 unspecified atom stereocenters. The van der Waals surface area contributed by atoms with Gasteiger partial charge in [-0.25, -0.2) is 0 Å². The van der Waals surface area contributed by atoms with Gasteiger partial charge in [-0.2, -0.15) is 18.3 Å². The van der Waals surface area contributed by atoms with Crippen LogP contribution in [0, 0.1) is 13.8 Å². The van der Waals surface area contributed by atoms with Crippen LogP contribution in [0.5, 0.6) is 5.75 Å². The summed E-state index contributed by atoms with van der Waals surface area (Å²) in [6.07, 6.45) is -4.30. The SMILES string of the molecule is Cc1nn(CC(F)(F)F)c(C)c1[C@H](C)N[C@@H](C)c1cccc(O)c1. The van der Waals surface area contributed by atoms with Gasteiger partial charge in [-0.1, -0.05) is 12.1 Å². The third kappa shape index (κ3) is 4.29. The van der Waals surface area contributed by atoms with Gasteiger partial charge in [-0.15, -0.1) is 0 Å². The number of alkyl halides is 3. The van der Waals surface area contributed by atoms with E-state index in [1.165, 1.54) is 0 Å². The predicted molar refractivity (Wildman–Crippen MR) is 85.8 cm³/mol. The maximum absolute atomic E-state index is 12.6. The minimum Gasteiger partial charge on any atom is -0.508 e. The normalized spacial score (nSPS) is 14.6. The summed E-state index contributed by atoms with van der Waals surface area (Å²) in [4.78, 5) is 0. The molecule has 4 nitrogen and oxygen atoms in total. The van der Waals surface area contributed by atoms with E-state index >= 15 is 0 Å². The fourth-order valence-corrected chi connectivity index (χ4v) is 3.01. The van der Waals surface area contributed by atoms with E-state index in [2.05, 4.69) is 10.4 Å². The minimum atomic E-state index is -4.30. The highest BCUT2D eigenvalue weighted by Crippen LogP contribution is 2.27. The van der Waals surface area contributed by atoms with Crippen molar-refractivity contribution >= 4 is 0 Å². The van der Waals surface area contributed by atoms with E-state index in [9.17, 15) is 18.3 Å². The van der Waals surface area contributed by atoms with Crippen LogP contribution in [0.1, 0.15) is 48.4 Å². The molecule has 0 saturated heterocycles. The molecule has 0 aliphatic heterocycles. The summed E-state index contributed by atoms with van der Waals surface area (Å²) >= 11 is 0. The topological polar surface area (TPSA) is 50.1 Å². The zero-order valence-corrected chi connectivity index (χ0v) is 14.1. The fourth-order valence-electron chi connectivity index (χ4n) is 3.01. The van der Waals surface area contributed by atoms with Gasteiger partial charge < -0.3 is 10.4 Å². The van der Waals surface area contributed by atoms with Crippen molar-refractivity contribution in [2.45, 2.75) is 52.5 Å². The molecule has 0 bridgehead atoms. The van der Waals surface area contributed by atoms with Crippen LogP contribution >= 0.6 is 0 Å². The molecule has 7 heteroatoms. The van der Waals surface area contributed by atoms with Gasteiger partial charge in [0.15, 0.2) is 0 Å². The van der Waals surface area contributed by atoms with Crippen molar-refractivity contribution in [2.24, 2.45) is 0 Å². The molecule has 0 spiro atoms. The van der Waals surface area contributed by atoms with E-state index in [4.69, 9.17) is 0 Å². The highest BCUT2D eigenvalue weighted by molar-refractivity contribution is 5.31. The van der Waals surface area contributed by atoms with Crippen LogP contribution in [0.25, 0.3) is 0 Å². The summed E-state index contributed by atoms with van der Waals surface area (Å²) in [5.74, 6) is 0.180. The smallest absolute Gasteiger partial charge is 0.408 e. The number of aromatic nitrogens is 2. The van der Waals surface area contributed by atoms with E-state index in [0.29, 0.717) is 11.4 Å². The summed E-state index contributed by atoms with van der Waals surface area (Å²) in [6.45, 7) is 6.11. The van der Waals surface area contributed by atoms with Crippen LogP contribution in [0.3, 0.4) is 0 Å². The molecule has 0 saturated carbocycles. The summed E-state index contributed by atoms with van der Waals surface area (Å²) in [7, 11) is 0. The number of phenols is 1. The molecule has 0 amide bonds. The van der Waals surface area contributed by atoms with Crippen molar-refractivity contribution in [3.8, 4) is 5.75 Å². The van der Waals surface area contributed by atoms with Crippen molar-refractivity contribution < 1.29 is 18.3 Å².